The number of carbonyl (C=O) groups excluding carboxylic acids is 4. The van der Waals surface area contributed by atoms with Crippen LogP contribution in [0.1, 0.15) is 65.4 Å². The Kier molecular flexibility index (Phi) is 17.3. The van der Waals surface area contributed by atoms with Crippen molar-refractivity contribution in [2.24, 2.45) is 50.5 Å². The van der Waals surface area contributed by atoms with E-state index in [1.165, 1.54) is 0 Å². The number of hydrogen-bond donors (Lipinski definition) is 11. The molecule has 0 fully saturated rings. The van der Waals surface area contributed by atoms with Gasteiger partial charge in [0.05, 0.1) is 6.04 Å². The number of carboxylic acid groups (broad SMARTS) is 1. The van der Waals surface area contributed by atoms with Gasteiger partial charge in [0.1, 0.15) is 24.2 Å². The van der Waals surface area contributed by atoms with E-state index in [2.05, 4.69) is 36.2 Å². The second-order valence-corrected chi connectivity index (χ2v) is 13.1. The van der Waals surface area contributed by atoms with Gasteiger partial charge in [-0.2, -0.15) is 0 Å². The van der Waals surface area contributed by atoms with Gasteiger partial charge >= 0.3 is 5.97 Å². The summed E-state index contributed by atoms with van der Waals surface area (Å²) in [7, 11) is 0. The molecule has 0 saturated heterocycles. The zero-order valence-electron chi connectivity index (χ0n) is 30.4. The third-order valence-electron chi connectivity index (χ3n) is 8.64. The van der Waals surface area contributed by atoms with Crippen molar-refractivity contribution >= 4 is 52.4 Å². The van der Waals surface area contributed by atoms with Gasteiger partial charge in [-0.3, -0.25) is 29.2 Å². The summed E-state index contributed by atoms with van der Waals surface area (Å²) in [4.78, 5) is 77.2. The van der Waals surface area contributed by atoms with Crippen molar-refractivity contribution in [2.45, 2.75) is 96.4 Å². The Morgan fingerprint density at radius 2 is 1.33 bits per heavy atom. The summed E-state index contributed by atoms with van der Waals surface area (Å²) < 4.78 is 0. The highest BCUT2D eigenvalue weighted by Gasteiger charge is 2.34. The summed E-state index contributed by atoms with van der Waals surface area (Å²) in [6.07, 6.45) is 3.21. The van der Waals surface area contributed by atoms with E-state index in [0.717, 1.165) is 10.9 Å². The summed E-state index contributed by atoms with van der Waals surface area (Å²) in [6, 6.07) is 1.79. The zero-order chi connectivity index (χ0) is 39.0. The third kappa shape index (κ3) is 13.7. The highest BCUT2D eigenvalue weighted by atomic mass is 16.4. The lowest BCUT2D eigenvalue weighted by atomic mass is 9.96. The second-order valence-electron chi connectivity index (χ2n) is 13.1. The van der Waals surface area contributed by atoms with E-state index in [-0.39, 0.29) is 50.7 Å². The second kappa shape index (κ2) is 21.1. The van der Waals surface area contributed by atoms with Gasteiger partial charge in [0, 0.05) is 36.6 Å². The number of benzene rings is 1. The number of aromatic amines is 1. The Bertz CT molecular complexity index is 1570. The van der Waals surface area contributed by atoms with Crippen molar-refractivity contribution in [3.63, 3.8) is 0 Å². The first-order valence-corrected chi connectivity index (χ1v) is 17.4. The molecule has 2 aromatic rings. The third-order valence-corrected chi connectivity index (χ3v) is 8.64. The van der Waals surface area contributed by atoms with Crippen molar-refractivity contribution < 1.29 is 29.1 Å². The quantitative estimate of drug-likeness (QED) is 0.0391. The molecule has 1 heterocycles. The fourth-order valence-corrected chi connectivity index (χ4v) is 5.42. The number of carboxylic acids is 1. The van der Waals surface area contributed by atoms with Crippen molar-refractivity contribution in [3.8, 4) is 0 Å². The maximum Gasteiger partial charge on any atom is 0.326 e. The molecule has 0 radical (unpaired) electrons. The molecule has 1 aromatic carbocycles. The van der Waals surface area contributed by atoms with E-state index in [1.807, 2.05) is 31.2 Å². The summed E-state index contributed by atoms with van der Waals surface area (Å²) in [6.45, 7) is 7.46. The first-order valence-electron chi connectivity index (χ1n) is 17.4. The number of hydrogen-bond acceptors (Lipinski definition) is 8. The van der Waals surface area contributed by atoms with Crippen LogP contribution in [0.25, 0.3) is 10.9 Å². The molecule has 2 rings (SSSR count). The lowest BCUT2D eigenvalue weighted by Gasteiger charge is -2.29. The monoisotopic (exact) mass is 728 g/mol. The van der Waals surface area contributed by atoms with Crippen LogP contribution in [0.5, 0.6) is 0 Å². The summed E-state index contributed by atoms with van der Waals surface area (Å²) in [5.74, 6) is -4.87. The van der Waals surface area contributed by atoms with Crippen LogP contribution < -0.4 is 49.9 Å². The molecule has 4 amide bonds. The van der Waals surface area contributed by atoms with Crippen molar-refractivity contribution in [1.29, 1.82) is 0 Å². The van der Waals surface area contributed by atoms with Crippen LogP contribution >= 0.6 is 0 Å². The largest absolute Gasteiger partial charge is 0.480 e. The topological polar surface area (TPSA) is 324 Å². The lowest BCUT2D eigenvalue weighted by molar-refractivity contribution is -0.142. The summed E-state index contributed by atoms with van der Waals surface area (Å²) >= 11 is 0. The number of nitrogens with zero attached hydrogens (tertiary/aromatic N) is 2. The number of H-pyrrole nitrogens is 1. The average Bonchev–Trinajstić information content (AvgIpc) is 3.50. The molecule has 0 saturated carbocycles. The Morgan fingerprint density at radius 1 is 0.769 bits per heavy atom. The summed E-state index contributed by atoms with van der Waals surface area (Å²) in [5, 5.41) is 21.6. The number of guanidine groups is 2. The molecule has 18 nitrogen and oxygen atoms in total. The molecule has 52 heavy (non-hydrogen) atoms. The smallest absolute Gasteiger partial charge is 0.326 e. The minimum Gasteiger partial charge on any atom is -0.480 e. The van der Waals surface area contributed by atoms with Crippen LogP contribution in [0.4, 0.5) is 0 Å². The van der Waals surface area contributed by atoms with Crippen LogP contribution in [0, 0.1) is 11.8 Å². The Hall–Kier alpha value is -5.39. The van der Waals surface area contributed by atoms with Crippen molar-refractivity contribution in [3.05, 3.63) is 36.0 Å². The van der Waals surface area contributed by atoms with Crippen molar-refractivity contribution in [2.75, 3.05) is 13.1 Å². The van der Waals surface area contributed by atoms with Crippen LogP contribution in [0.15, 0.2) is 40.4 Å². The fourth-order valence-electron chi connectivity index (χ4n) is 5.42. The highest BCUT2D eigenvalue weighted by Crippen LogP contribution is 2.20. The number of aliphatic carboxylic acids is 1. The minimum absolute atomic E-state index is 0.00201. The number of para-hydroxylation sites is 1. The molecular weight excluding hydrogens is 672 g/mol. The maximum atomic E-state index is 13.8. The summed E-state index contributed by atoms with van der Waals surface area (Å²) in [5.41, 5.74) is 29.1. The Morgan fingerprint density at radius 3 is 1.90 bits per heavy atom. The SMILES string of the molecule is CC[C@H](C)[C@@H](NC(=O)[C@@H](CCCN=C(N)N)NC(=O)[C@@H](NC(=O)[C@H](N)CCCN=C(N)N)C(C)C)C(=O)N[C@@H](Cc1c[nH]c2ccccc12)C(=O)O. The number of aromatic nitrogens is 1. The number of nitrogens with one attached hydrogen (secondary N) is 5. The van der Waals surface area contributed by atoms with E-state index < -0.39 is 71.6 Å². The van der Waals surface area contributed by atoms with E-state index in [0.29, 0.717) is 18.4 Å². The average molecular weight is 729 g/mol. The Labute approximate surface area is 303 Å². The van der Waals surface area contributed by atoms with Gasteiger partial charge in [0.15, 0.2) is 11.9 Å². The van der Waals surface area contributed by atoms with Gasteiger partial charge in [-0.05, 0) is 49.1 Å². The molecule has 0 aliphatic carbocycles. The van der Waals surface area contributed by atoms with Gasteiger partial charge in [0.25, 0.3) is 0 Å². The van der Waals surface area contributed by atoms with Gasteiger partial charge < -0.3 is 60.0 Å². The number of amides is 4. The highest BCUT2D eigenvalue weighted by molar-refractivity contribution is 5.96. The molecule has 0 bridgehead atoms. The first-order chi connectivity index (χ1) is 24.5. The predicted molar refractivity (Wildman–Crippen MR) is 199 cm³/mol. The molecule has 0 aliphatic heterocycles. The zero-order valence-corrected chi connectivity index (χ0v) is 30.4. The minimum atomic E-state index is -1.29. The lowest BCUT2D eigenvalue weighted by Crippen LogP contribution is -2.60. The maximum absolute atomic E-state index is 13.8. The van der Waals surface area contributed by atoms with Crippen LogP contribution in [-0.4, -0.2) is 94.9 Å². The van der Waals surface area contributed by atoms with Gasteiger partial charge in [-0.1, -0.05) is 52.3 Å². The normalized spacial score (nSPS) is 14.6. The predicted octanol–water partition coefficient (Wildman–Crippen LogP) is -1.13. The molecule has 288 valence electrons. The fraction of sp³-hybridized carbons (Fsp3) is 0.559. The number of nitrogens with two attached hydrogens (primary N) is 5. The molecule has 16 N–H and O–H groups in total. The Balaban J connectivity index is 2.24. The molecular formula is C34H56N12O6. The number of rotatable bonds is 22. The van der Waals surface area contributed by atoms with Gasteiger partial charge in [-0.15, -0.1) is 0 Å². The van der Waals surface area contributed by atoms with Gasteiger partial charge in [0.2, 0.25) is 23.6 Å². The molecule has 18 heteroatoms. The number of fused-ring (bicyclic) bond motifs is 1. The number of aliphatic imine (C=N–C) groups is 2. The number of carbonyl (C=O) groups is 5. The molecule has 1 aromatic heterocycles. The molecule has 0 spiro atoms. The van der Waals surface area contributed by atoms with E-state index >= 15 is 0 Å². The van der Waals surface area contributed by atoms with Crippen molar-refractivity contribution in [1.82, 2.24) is 26.3 Å². The molecule has 0 unspecified atom stereocenters. The van der Waals surface area contributed by atoms with Crippen LogP contribution in [-0.2, 0) is 30.4 Å². The van der Waals surface area contributed by atoms with E-state index in [4.69, 9.17) is 28.7 Å². The first kappa shape index (κ1) is 42.8. The molecule has 6 atom stereocenters. The van der Waals surface area contributed by atoms with E-state index in [1.54, 1.807) is 27.0 Å². The molecule has 0 aliphatic rings. The van der Waals surface area contributed by atoms with Crippen LogP contribution in [0.3, 0.4) is 0 Å². The van der Waals surface area contributed by atoms with Crippen LogP contribution in [0.2, 0.25) is 0 Å². The van der Waals surface area contributed by atoms with E-state index in [9.17, 15) is 29.1 Å². The van der Waals surface area contributed by atoms with Gasteiger partial charge in [-0.25, -0.2) is 4.79 Å². The standard InChI is InChI=1S/C34H56N12O6/c1-5-19(4)27(31(50)44-25(32(51)52)16-20-17-42-23-12-7-6-10-21(20)23)46-29(48)24(13-9-15-41-34(38)39)43-30(49)26(18(2)3)45-28(47)22(35)11-8-14-40-33(36)37/h6-7,10,12,17-19,22,24-27,42H,5,8-9,11,13-16,35H2,1-4H3,(H,43,49)(H,44,50)(H,45,47)(H,46,48)(H,51,52)(H4,36,37,40)(H4,38,39,41)/t19-,22+,24+,25-,26-,27+/m0/s1.